The molecular weight excluding hydrogens is 623 g/mol. The number of hydrogen-bond donors (Lipinski definition) is 0. The van der Waals surface area contributed by atoms with Gasteiger partial charge in [-0.2, -0.15) is 0 Å². The van der Waals surface area contributed by atoms with Crippen molar-refractivity contribution in [2.75, 3.05) is 0 Å². The van der Waals surface area contributed by atoms with E-state index in [0.717, 1.165) is 0 Å². The maximum Gasteiger partial charge on any atom is 0.343 e. The third kappa shape index (κ3) is 7.28. The van der Waals surface area contributed by atoms with Crippen LogP contribution in [0, 0.1) is 5.41 Å². The molecule has 0 radical (unpaired) electrons. The third-order valence-corrected chi connectivity index (χ3v) is 7.14. The fourth-order valence-electron chi connectivity index (χ4n) is 4.32. The van der Waals surface area contributed by atoms with E-state index in [2.05, 4.69) is 0 Å². The molecule has 0 fully saturated rings. The number of esters is 2. The van der Waals surface area contributed by atoms with Crippen LogP contribution in [0.5, 0.6) is 34.5 Å². The Morgan fingerprint density at radius 1 is 0.614 bits per heavy atom. The number of para-hydroxylation sites is 2. The Labute approximate surface area is 270 Å². The molecule has 0 unspecified atom stereocenters. The monoisotopic (exact) mass is 648 g/mol. The lowest BCUT2D eigenvalue weighted by Crippen LogP contribution is -2.18. The summed E-state index contributed by atoms with van der Waals surface area (Å²) >= 11 is 19.5. The summed E-state index contributed by atoms with van der Waals surface area (Å²) in [6, 6.07) is 26.9. The largest absolute Gasteiger partial charge is 0.448 e. The van der Waals surface area contributed by atoms with Gasteiger partial charge in [-0.15, -0.1) is 0 Å². The van der Waals surface area contributed by atoms with Crippen LogP contribution in [0.25, 0.3) is 10.8 Å². The Hall–Kier alpha value is -4.23. The Kier molecular flexibility index (Phi) is 9.35. The molecule has 0 saturated heterocycles. The Morgan fingerprint density at radius 2 is 1.14 bits per heavy atom. The van der Waals surface area contributed by atoms with Gasteiger partial charge in [0.2, 0.25) is 11.5 Å². The fourth-order valence-corrected chi connectivity index (χ4v) is 4.85. The van der Waals surface area contributed by atoms with E-state index >= 15 is 0 Å². The van der Waals surface area contributed by atoms with E-state index < -0.39 is 11.9 Å². The number of hydrogen-bond acceptors (Lipinski definition) is 6. The SMILES string of the molecule is CC(C)(C)CC(=O)Oc1c(Oc2ccccc2Cl)c(Oc2ccccc2Cl)c(OC(=O)c2ccccc2)c2ccc(Cl)cc12. The number of carbonyl (C=O) groups excluding carboxylic acids is 2. The molecule has 0 aliphatic heterocycles. The first-order valence-electron chi connectivity index (χ1n) is 13.6. The number of rotatable bonds is 8. The second-order valence-electron chi connectivity index (χ2n) is 11.0. The van der Waals surface area contributed by atoms with E-state index in [1.54, 1.807) is 97.1 Å². The maximum absolute atomic E-state index is 13.5. The summed E-state index contributed by atoms with van der Waals surface area (Å²) in [5, 5.41) is 1.60. The highest BCUT2D eigenvalue weighted by molar-refractivity contribution is 6.32. The molecule has 9 heteroatoms. The van der Waals surface area contributed by atoms with E-state index in [4.69, 9.17) is 53.8 Å². The molecule has 0 atom stereocenters. The van der Waals surface area contributed by atoms with E-state index in [1.165, 1.54) is 0 Å². The second-order valence-corrected chi connectivity index (χ2v) is 12.3. The molecule has 0 aliphatic rings. The molecule has 0 heterocycles. The van der Waals surface area contributed by atoms with Gasteiger partial charge in [0.25, 0.3) is 0 Å². The molecule has 0 bridgehead atoms. The van der Waals surface area contributed by atoms with Gasteiger partial charge in [-0.25, -0.2) is 4.79 Å². The molecule has 0 aromatic heterocycles. The van der Waals surface area contributed by atoms with Crippen LogP contribution in [0.15, 0.2) is 97.1 Å². The van der Waals surface area contributed by atoms with E-state index in [1.807, 2.05) is 20.8 Å². The predicted molar refractivity (Wildman–Crippen MR) is 173 cm³/mol. The predicted octanol–water partition coefficient (Wildman–Crippen LogP) is 10.9. The molecule has 5 aromatic rings. The van der Waals surface area contributed by atoms with Gasteiger partial charge in [-0.05, 0) is 60.0 Å². The van der Waals surface area contributed by atoms with Crippen LogP contribution in [0.2, 0.25) is 15.1 Å². The van der Waals surface area contributed by atoms with Crippen LogP contribution in [0.4, 0.5) is 0 Å². The highest BCUT2D eigenvalue weighted by Gasteiger charge is 2.31. The summed E-state index contributed by atoms with van der Waals surface area (Å²) in [6.07, 6.45) is 0.0893. The molecule has 5 rings (SSSR count). The van der Waals surface area contributed by atoms with Gasteiger partial charge in [0.15, 0.2) is 11.5 Å². The van der Waals surface area contributed by atoms with Crippen LogP contribution >= 0.6 is 34.8 Å². The average molecular weight is 650 g/mol. The Bertz CT molecular complexity index is 1850. The summed E-state index contributed by atoms with van der Waals surface area (Å²) in [4.78, 5) is 26.8. The van der Waals surface area contributed by atoms with Crippen molar-refractivity contribution in [3.05, 3.63) is 118 Å². The van der Waals surface area contributed by atoms with Crippen LogP contribution in [0.3, 0.4) is 0 Å². The lowest BCUT2D eigenvalue weighted by atomic mass is 9.92. The van der Waals surface area contributed by atoms with Crippen molar-refractivity contribution < 1.29 is 28.5 Å². The smallest absolute Gasteiger partial charge is 0.343 e. The average Bonchev–Trinajstić information content (AvgIpc) is 2.98. The van der Waals surface area contributed by atoms with Gasteiger partial charge in [0, 0.05) is 15.8 Å². The van der Waals surface area contributed by atoms with Gasteiger partial charge >= 0.3 is 11.9 Å². The van der Waals surface area contributed by atoms with E-state index in [-0.39, 0.29) is 56.4 Å². The zero-order valence-corrected chi connectivity index (χ0v) is 26.3. The minimum Gasteiger partial charge on any atom is -0.448 e. The molecule has 0 amide bonds. The zero-order chi connectivity index (χ0) is 31.4. The van der Waals surface area contributed by atoms with Crippen LogP contribution in [-0.2, 0) is 4.79 Å². The molecule has 6 nitrogen and oxygen atoms in total. The highest BCUT2D eigenvalue weighted by atomic mass is 35.5. The van der Waals surface area contributed by atoms with Gasteiger partial charge in [0.1, 0.15) is 11.5 Å². The fraction of sp³-hybridized carbons (Fsp3) is 0.143. The summed E-state index contributed by atoms with van der Waals surface area (Å²) in [6.45, 7) is 5.76. The number of carbonyl (C=O) groups is 2. The number of benzene rings is 5. The molecule has 224 valence electrons. The van der Waals surface area contributed by atoms with E-state index in [9.17, 15) is 9.59 Å². The van der Waals surface area contributed by atoms with Crippen molar-refractivity contribution >= 4 is 57.5 Å². The van der Waals surface area contributed by atoms with Crippen molar-refractivity contribution in [2.45, 2.75) is 27.2 Å². The van der Waals surface area contributed by atoms with Crippen molar-refractivity contribution in [3.8, 4) is 34.5 Å². The minimum atomic E-state index is -0.660. The van der Waals surface area contributed by atoms with Gasteiger partial charge in [-0.1, -0.05) is 98.0 Å². The lowest BCUT2D eigenvalue weighted by molar-refractivity contribution is -0.136. The van der Waals surface area contributed by atoms with Crippen molar-refractivity contribution in [1.29, 1.82) is 0 Å². The molecule has 0 aliphatic carbocycles. The van der Waals surface area contributed by atoms with E-state index in [0.29, 0.717) is 21.4 Å². The van der Waals surface area contributed by atoms with Crippen molar-refractivity contribution in [3.63, 3.8) is 0 Å². The van der Waals surface area contributed by atoms with Crippen LogP contribution < -0.4 is 18.9 Å². The molecule has 0 spiro atoms. The highest BCUT2D eigenvalue weighted by Crippen LogP contribution is 2.55. The standard InChI is InChI=1S/C35H27Cl3O6/c1-35(2,3)20-29(39)43-31-24-19-22(36)17-18-23(24)30(44-34(40)21-11-5-4-6-12-21)32(41-27-15-9-7-13-25(27)37)33(31)42-28-16-10-8-14-26(28)38/h4-19H,20H2,1-3H3. The normalized spacial score (nSPS) is 11.2. The zero-order valence-electron chi connectivity index (χ0n) is 24.0. The van der Waals surface area contributed by atoms with Gasteiger partial charge in [0.05, 0.1) is 22.0 Å². The molecule has 5 aromatic carbocycles. The maximum atomic E-state index is 13.5. The van der Waals surface area contributed by atoms with Crippen LogP contribution in [0.1, 0.15) is 37.6 Å². The molecule has 0 N–H and O–H groups in total. The van der Waals surface area contributed by atoms with Crippen LogP contribution in [-0.4, -0.2) is 11.9 Å². The Morgan fingerprint density at radius 3 is 1.68 bits per heavy atom. The van der Waals surface area contributed by atoms with Gasteiger partial charge in [-0.3, -0.25) is 4.79 Å². The third-order valence-electron chi connectivity index (χ3n) is 6.28. The summed E-state index contributed by atoms with van der Waals surface area (Å²) < 4.78 is 24.8. The first-order valence-corrected chi connectivity index (χ1v) is 14.8. The summed E-state index contributed by atoms with van der Waals surface area (Å²) in [7, 11) is 0. The topological polar surface area (TPSA) is 71.1 Å². The molecule has 44 heavy (non-hydrogen) atoms. The number of fused-ring (bicyclic) bond motifs is 1. The van der Waals surface area contributed by atoms with Gasteiger partial charge < -0.3 is 18.9 Å². The number of halogens is 3. The van der Waals surface area contributed by atoms with Crippen molar-refractivity contribution in [2.24, 2.45) is 5.41 Å². The lowest BCUT2D eigenvalue weighted by Gasteiger charge is -2.23. The molecule has 0 saturated carbocycles. The quantitative estimate of drug-likeness (QED) is 0.123. The summed E-state index contributed by atoms with van der Waals surface area (Å²) in [5.41, 5.74) is -0.0800. The first-order chi connectivity index (χ1) is 21.0. The summed E-state index contributed by atoms with van der Waals surface area (Å²) in [5.74, 6) is -0.890. The Balaban J connectivity index is 1.83. The second kappa shape index (κ2) is 13.2. The molecular formula is C35H27Cl3O6. The first kappa shape index (κ1) is 31.2. The number of ether oxygens (including phenoxy) is 4. The van der Waals surface area contributed by atoms with Crippen molar-refractivity contribution in [1.82, 2.24) is 0 Å². The minimum absolute atomic E-state index is 0.00164.